The number of hydrogen-bond acceptors (Lipinski definition) is 5. The molecule has 1 aromatic carbocycles. The Morgan fingerprint density at radius 1 is 1.21 bits per heavy atom. The fourth-order valence-corrected chi connectivity index (χ4v) is 3.51. The molecule has 7 heteroatoms. The van der Waals surface area contributed by atoms with Crippen LogP contribution in [0.25, 0.3) is 11.2 Å². The second-order valence-electron chi connectivity index (χ2n) is 5.27. The van der Waals surface area contributed by atoms with Crippen LogP contribution in [0.4, 0.5) is 5.82 Å². The lowest BCUT2D eigenvalue weighted by atomic mass is 9.99. The van der Waals surface area contributed by atoms with Crippen LogP contribution in [0.1, 0.15) is 11.1 Å². The van der Waals surface area contributed by atoms with Gasteiger partial charge in [0.05, 0.1) is 6.07 Å². The minimum atomic E-state index is -3.55. The standard InChI is InChI=1S/C17H14N4O2S/c1-24(22,23)17-16(19)20-15-8-7-13(11-21(15)17)14(9-10-18)12-5-3-2-4-6-12/h2-9,11H,19H2,1H3/b14-9-. The fraction of sp³-hybridized carbons (Fsp3) is 0.0588. The summed E-state index contributed by atoms with van der Waals surface area (Å²) in [6.45, 7) is 0. The predicted molar refractivity (Wildman–Crippen MR) is 91.8 cm³/mol. The van der Waals surface area contributed by atoms with Gasteiger partial charge in [-0.3, -0.25) is 4.40 Å². The third-order valence-corrected chi connectivity index (χ3v) is 4.66. The van der Waals surface area contributed by atoms with Gasteiger partial charge in [0, 0.05) is 24.1 Å². The van der Waals surface area contributed by atoms with Gasteiger partial charge in [-0.2, -0.15) is 5.26 Å². The molecule has 0 atom stereocenters. The molecule has 0 amide bonds. The summed E-state index contributed by atoms with van der Waals surface area (Å²) in [6.07, 6.45) is 4.14. The molecule has 24 heavy (non-hydrogen) atoms. The van der Waals surface area contributed by atoms with Crippen LogP contribution in [-0.4, -0.2) is 24.1 Å². The van der Waals surface area contributed by atoms with Crippen LogP contribution in [0.3, 0.4) is 0 Å². The molecule has 2 heterocycles. The van der Waals surface area contributed by atoms with Crippen molar-refractivity contribution in [1.29, 1.82) is 5.26 Å². The Kier molecular flexibility index (Phi) is 3.83. The van der Waals surface area contributed by atoms with E-state index < -0.39 is 9.84 Å². The Morgan fingerprint density at radius 2 is 1.92 bits per heavy atom. The molecule has 120 valence electrons. The monoisotopic (exact) mass is 338 g/mol. The Balaban J connectivity index is 2.27. The van der Waals surface area contributed by atoms with E-state index in [-0.39, 0.29) is 10.8 Å². The zero-order chi connectivity index (χ0) is 17.3. The van der Waals surface area contributed by atoms with E-state index in [1.165, 1.54) is 10.5 Å². The van der Waals surface area contributed by atoms with E-state index in [0.717, 1.165) is 11.8 Å². The number of aromatic nitrogens is 2. The van der Waals surface area contributed by atoms with E-state index in [9.17, 15) is 8.42 Å². The first-order chi connectivity index (χ1) is 11.4. The molecule has 0 radical (unpaired) electrons. The molecule has 0 saturated carbocycles. The molecule has 0 aliphatic carbocycles. The molecule has 0 saturated heterocycles. The third kappa shape index (κ3) is 2.75. The molecule has 0 aliphatic rings. The fourth-order valence-electron chi connectivity index (χ4n) is 2.58. The van der Waals surface area contributed by atoms with E-state index >= 15 is 0 Å². The maximum Gasteiger partial charge on any atom is 0.195 e. The number of nitrogens with two attached hydrogens (primary N) is 1. The molecule has 0 aliphatic heterocycles. The minimum Gasteiger partial charge on any atom is -0.381 e. The maximum atomic E-state index is 12.0. The summed E-state index contributed by atoms with van der Waals surface area (Å²) in [5.74, 6) is -0.0415. The average molecular weight is 338 g/mol. The number of fused-ring (bicyclic) bond motifs is 1. The zero-order valence-electron chi connectivity index (χ0n) is 12.8. The Bertz CT molecular complexity index is 1090. The van der Waals surface area contributed by atoms with E-state index in [4.69, 9.17) is 11.0 Å². The first-order valence-corrected chi connectivity index (χ1v) is 8.94. The van der Waals surface area contributed by atoms with Crippen LogP contribution < -0.4 is 5.73 Å². The second kappa shape index (κ2) is 5.83. The lowest BCUT2D eigenvalue weighted by Crippen LogP contribution is -2.05. The molecule has 0 spiro atoms. The van der Waals surface area contributed by atoms with Gasteiger partial charge in [-0.25, -0.2) is 13.4 Å². The molecular formula is C17H14N4O2S. The summed E-state index contributed by atoms with van der Waals surface area (Å²) >= 11 is 0. The van der Waals surface area contributed by atoms with E-state index in [0.29, 0.717) is 16.8 Å². The third-order valence-electron chi connectivity index (χ3n) is 3.56. The van der Waals surface area contributed by atoms with Crippen LogP contribution in [0.2, 0.25) is 0 Å². The van der Waals surface area contributed by atoms with Crippen molar-refractivity contribution >= 4 is 26.9 Å². The quantitative estimate of drug-likeness (QED) is 0.738. The Labute approximate surface area is 139 Å². The van der Waals surface area contributed by atoms with Crippen LogP contribution in [0, 0.1) is 11.3 Å². The second-order valence-corrected chi connectivity index (χ2v) is 7.20. The molecule has 3 aromatic rings. The van der Waals surface area contributed by atoms with Gasteiger partial charge in [0.15, 0.2) is 20.7 Å². The van der Waals surface area contributed by atoms with Gasteiger partial charge >= 0.3 is 0 Å². The van der Waals surface area contributed by atoms with Crippen molar-refractivity contribution in [2.75, 3.05) is 12.0 Å². The number of benzene rings is 1. The zero-order valence-corrected chi connectivity index (χ0v) is 13.7. The summed E-state index contributed by atoms with van der Waals surface area (Å²) in [7, 11) is -3.55. The van der Waals surface area contributed by atoms with Crippen molar-refractivity contribution in [1.82, 2.24) is 9.38 Å². The summed E-state index contributed by atoms with van der Waals surface area (Å²) in [5.41, 5.74) is 8.42. The highest BCUT2D eigenvalue weighted by Crippen LogP contribution is 2.26. The van der Waals surface area contributed by atoms with Crippen LogP contribution in [0.5, 0.6) is 0 Å². The molecule has 3 rings (SSSR count). The topological polar surface area (TPSA) is 101 Å². The van der Waals surface area contributed by atoms with Gasteiger partial charge in [-0.05, 0) is 23.3 Å². The number of allylic oxidation sites excluding steroid dienone is 1. The Morgan fingerprint density at radius 3 is 2.54 bits per heavy atom. The van der Waals surface area contributed by atoms with Gasteiger partial charge in [-0.15, -0.1) is 0 Å². The van der Waals surface area contributed by atoms with Crippen molar-refractivity contribution in [3.8, 4) is 6.07 Å². The summed E-state index contributed by atoms with van der Waals surface area (Å²) in [6, 6.07) is 14.9. The van der Waals surface area contributed by atoms with Gasteiger partial charge in [-0.1, -0.05) is 30.3 Å². The van der Waals surface area contributed by atoms with Crippen molar-refractivity contribution in [2.24, 2.45) is 0 Å². The van der Waals surface area contributed by atoms with Crippen LogP contribution in [0.15, 0.2) is 59.8 Å². The number of nitriles is 1. The smallest absolute Gasteiger partial charge is 0.195 e. The molecule has 6 nitrogen and oxygen atoms in total. The van der Waals surface area contributed by atoms with Gasteiger partial charge in [0.25, 0.3) is 0 Å². The number of anilines is 1. The number of nitrogen functional groups attached to an aromatic ring is 1. The first-order valence-electron chi connectivity index (χ1n) is 7.05. The van der Waals surface area contributed by atoms with Crippen molar-refractivity contribution in [2.45, 2.75) is 5.03 Å². The molecule has 2 N–H and O–H groups in total. The predicted octanol–water partition coefficient (Wildman–Crippen LogP) is 2.28. The largest absolute Gasteiger partial charge is 0.381 e. The van der Waals surface area contributed by atoms with E-state index in [1.807, 2.05) is 36.4 Å². The van der Waals surface area contributed by atoms with Crippen molar-refractivity contribution in [3.63, 3.8) is 0 Å². The highest BCUT2D eigenvalue weighted by Gasteiger charge is 2.20. The lowest BCUT2D eigenvalue weighted by Gasteiger charge is -2.08. The summed E-state index contributed by atoms with van der Waals surface area (Å²) in [5, 5.41) is 9.05. The Hall–Kier alpha value is -3.11. The number of nitrogens with zero attached hydrogens (tertiary/aromatic N) is 3. The SMILES string of the molecule is CS(=O)(=O)c1c(N)nc2ccc(/C(=C\C#N)c3ccccc3)cn12. The van der Waals surface area contributed by atoms with Gasteiger partial charge < -0.3 is 5.73 Å². The number of pyridine rings is 1. The summed E-state index contributed by atoms with van der Waals surface area (Å²) < 4.78 is 25.4. The normalized spacial score (nSPS) is 12.2. The average Bonchev–Trinajstić information content (AvgIpc) is 2.88. The van der Waals surface area contributed by atoms with Crippen LogP contribution >= 0.6 is 0 Å². The van der Waals surface area contributed by atoms with Gasteiger partial charge in [0.1, 0.15) is 5.65 Å². The summed E-state index contributed by atoms with van der Waals surface area (Å²) in [4.78, 5) is 4.08. The van der Waals surface area contributed by atoms with E-state index in [2.05, 4.69) is 4.98 Å². The maximum absolute atomic E-state index is 12.0. The number of rotatable bonds is 3. The number of imidazole rings is 1. The highest BCUT2D eigenvalue weighted by molar-refractivity contribution is 7.90. The van der Waals surface area contributed by atoms with Crippen molar-refractivity contribution in [3.05, 3.63) is 65.9 Å². The first kappa shape index (κ1) is 15.8. The number of sulfone groups is 1. The lowest BCUT2D eigenvalue weighted by molar-refractivity contribution is 0.597. The molecular weight excluding hydrogens is 324 g/mol. The minimum absolute atomic E-state index is 0.0415. The molecule has 0 fully saturated rings. The van der Waals surface area contributed by atoms with Crippen LogP contribution in [-0.2, 0) is 9.84 Å². The van der Waals surface area contributed by atoms with Crippen molar-refractivity contribution < 1.29 is 8.42 Å². The molecule has 0 unspecified atom stereocenters. The van der Waals surface area contributed by atoms with E-state index in [1.54, 1.807) is 18.3 Å². The molecule has 0 bridgehead atoms. The molecule has 2 aromatic heterocycles. The van der Waals surface area contributed by atoms with Gasteiger partial charge in [0.2, 0.25) is 0 Å². The number of hydrogen-bond donors (Lipinski definition) is 1. The highest BCUT2D eigenvalue weighted by atomic mass is 32.2.